The predicted octanol–water partition coefficient (Wildman–Crippen LogP) is 4.86. The van der Waals surface area contributed by atoms with Crippen molar-refractivity contribution in [2.75, 3.05) is 18.5 Å². The molecule has 2 rings (SSSR count). The Kier molecular flexibility index (Phi) is 14.1. The van der Waals surface area contributed by atoms with Crippen molar-refractivity contribution in [2.24, 2.45) is 0 Å². The minimum absolute atomic E-state index is 0.142. The molecule has 2 heterocycles. The highest BCUT2D eigenvalue weighted by molar-refractivity contribution is 5.89. The molecule has 1 aromatic heterocycles. The summed E-state index contributed by atoms with van der Waals surface area (Å²) in [6, 6.07) is 1.56. The second kappa shape index (κ2) is 17.2. The lowest BCUT2D eigenvalue weighted by Gasteiger charge is -2.12. The van der Waals surface area contributed by atoms with Crippen LogP contribution in [0, 0.1) is 0 Å². The van der Waals surface area contributed by atoms with E-state index in [2.05, 4.69) is 41.5 Å². The van der Waals surface area contributed by atoms with Crippen LogP contribution in [-0.4, -0.2) is 40.1 Å². The molecular weight excluding hydrogens is 434 g/mol. The van der Waals surface area contributed by atoms with Crippen molar-refractivity contribution in [3.05, 3.63) is 47.1 Å². The highest BCUT2D eigenvalue weighted by Gasteiger charge is 2.27. The molecule has 0 radical (unpaired) electrons. The maximum atomic E-state index is 12.2. The molecule has 2 atom stereocenters. The van der Waals surface area contributed by atoms with Gasteiger partial charge in [-0.15, -0.1) is 0 Å². The number of nitrogens with one attached hydrogen (secondary N) is 1. The first-order valence-corrected chi connectivity index (χ1v) is 12.7. The van der Waals surface area contributed by atoms with Gasteiger partial charge in [0.2, 0.25) is 5.91 Å². The molecule has 8 heteroatoms. The highest BCUT2D eigenvalue weighted by atomic mass is 16.7. The normalized spacial score (nSPS) is 18.3. The number of carbonyl (C=O) groups is 1. The number of anilines is 1. The summed E-state index contributed by atoms with van der Waals surface area (Å²) in [6.45, 7) is 2.11. The minimum atomic E-state index is -0.736. The Morgan fingerprint density at radius 1 is 1.12 bits per heavy atom. The van der Waals surface area contributed by atoms with E-state index in [1.807, 2.05) is 0 Å². The predicted molar refractivity (Wildman–Crippen MR) is 133 cm³/mol. The summed E-state index contributed by atoms with van der Waals surface area (Å²) in [7, 11) is 0. The van der Waals surface area contributed by atoms with E-state index in [0.717, 1.165) is 32.1 Å². The zero-order chi connectivity index (χ0) is 24.4. The van der Waals surface area contributed by atoms with Crippen LogP contribution in [0.1, 0.15) is 90.2 Å². The highest BCUT2D eigenvalue weighted by Crippen LogP contribution is 2.19. The molecule has 1 aromatic rings. The van der Waals surface area contributed by atoms with Crippen LogP contribution in [0.15, 0.2) is 41.4 Å². The standard InChI is InChI=1S/C26H41N3O5/c1-2-3-4-5-6-7-8-9-10-11-12-13-14-15-16-17-23(31)27-22-18-19-29(26(32)28-22)24-21-33-25(20-30)34-24/h6-7,9-10,18-19,24-25,30H,2-5,8,11-17,20-21H2,1H3,(H,27,28,31,32)/t24-,25-/m0/s1. The fraction of sp³-hybridized carbons (Fsp3) is 0.654. The van der Waals surface area contributed by atoms with E-state index in [1.54, 1.807) is 6.07 Å². The van der Waals surface area contributed by atoms with Gasteiger partial charge in [-0.3, -0.25) is 9.36 Å². The second-order valence-electron chi connectivity index (χ2n) is 8.57. The SMILES string of the molecule is CCCCCC=CCC=CCCCCCCCC(=O)Nc1ccn([C@@H]2CO[C@H](CO)O2)c(=O)n1. The third-order valence-corrected chi connectivity index (χ3v) is 5.64. The van der Waals surface area contributed by atoms with Gasteiger partial charge in [-0.05, 0) is 44.6 Å². The average Bonchev–Trinajstić information content (AvgIpc) is 3.30. The Morgan fingerprint density at radius 3 is 2.50 bits per heavy atom. The van der Waals surface area contributed by atoms with E-state index in [0.29, 0.717) is 6.42 Å². The van der Waals surface area contributed by atoms with E-state index in [9.17, 15) is 9.59 Å². The van der Waals surface area contributed by atoms with Gasteiger partial charge in [-0.1, -0.05) is 63.3 Å². The van der Waals surface area contributed by atoms with Gasteiger partial charge in [0, 0.05) is 12.6 Å². The number of carbonyl (C=O) groups excluding carboxylic acids is 1. The van der Waals surface area contributed by atoms with Crippen molar-refractivity contribution in [1.82, 2.24) is 9.55 Å². The summed E-state index contributed by atoms with van der Waals surface area (Å²) in [4.78, 5) is 28.2. The molecule has 1 aliphatic heterocycles. The van der Waals surface area contributed by atoms with Crippen LogP contribution < -0.4 is 11.0 Å². The summed E-state index contributed by atoms with van der Waals surface area (Å²) in [5, 5.41) is 11.7. The van der Waals surface area contributed by atoms with Gasteiger partial charge in [-0.25, -0.2) is 4.79 Å². The molecule has 0 unspecified atom stereocenters. The molecule has 0 spiro atoms. The minimum Gasteiger partial charge on any atom is -0.391 e. The Morgan fingerprint density at radius 2 is 1.82 bits per heavy atom. The summed E-state index contributed by atoms with van der Waals surface area (Å²) in [6.07, 6.45) is 22.1. The van der Waals surface area contributed by atoms with Gasteiger partial charge in [-0.2, -0.15) is 4.98 Å². The van der Waals surface area contributed by atoms with Gasteiger partial charge < -0.3 is 19.9 Å². The number of hydrogen-bond acceptors (Lipinski definition) is 6. The zero-order valence-corrected chi connectivity index (χ0v) is 20.5. The molecule has 1 saturated heterocycles. The number of aliphatic hydroxyl groups is 1. The van der Waals surface area contributed by atoms with Crippen LogP contribution in [0.3, 0.4) is 0 Å². The molecule has 0 aliphatic carbocycles. The lowest BCUT2D eigenvalue weighted by atomic mass is 10.1. The third-order valence-electron chi connectivity index (χ3n) is 5.64. The monoisotopic (exact) mass is 475 g/mol. The number of rotatable bonds is 17. The molecular formula is C26H41N3O5. The van der Waals surface area contributed by atoms with Crippen LogP contribution in [0.4, 0.5) is 5.82 Å². The molecule has 0 aromatic carbocycles. The molecule has 34 heavy (non-hydrogen) atoms. The molecule has 0 saturated carbocycles. The number of allylic oxidation sites excluding steroid dienone is 4. The number of aromatic nitrogens is 2. The van der Waals surface area contributed by atoms with Crippen LogP contribution in [0.25, 0.3) is 0 Å². The maximum absolute atomic E-state index is 12.2. The summed E-state index contributed by atoms with van der Waals surface area (Å²) in [5.74, 6) is 0.0857. The van der Waals surface area contributed by atoms with Crippen molar-refractivity contribution in [1.29, 1.82) is 0 Å². The number of hydrogen-bond donors (Lipinski definition) is 2. The largest absolute Gasteiger partial charge is 0.391 e. The number of unbranched alkanes of at least 4 members (excludes halogenated alkanes) is 8. The van der Waals surface area contributed by atoms with Crippen molar-refractivity contribution in [3.63, 3.8) is 0 Å². The summed E-state index contributed by atoms with van der Waals surface area (Å²) in [5.41, 5.74) is -0.540. The quantitative estimate of drug-likeness (QED) is 0.246. The number of ether oxygens (including phenoxy) is 2. The van der Waals surface area contributed by atoms with E-state index in [-0.39, 0.29) is 24.9 Å². The molecule has 1 fully saturated rings. The van der Waals surface area contributed by atoms with Gasteiger partial charge in [0.05, 0.1) is 13.2 Å². The first-order valence-electron chi connectivity index (χ1n) is 12.7. The van der Waals surface area contributed by atoms with Gasteiger partial charge in [0.25, 0.3) is 0 Å². The lowest BCUT2D eigenvalue weighted by Crippen LogP contribution is -2.29. The molecule has 190 valence electrons. The first-order chi connectivity index (χ1) is 16.6. The van der Waals surface area contributed by atoms with Crippen molar-refractivity contribution in [3.8, 4) is 0 Å². The van der Waals surface area contributed by atoms with Crippen molar-refractivity contribution < 1.29 is 19.4 Å². The Labute approximate surface area is 203 Å². The van der Waals surface area contributed by atoms with Crippen molar-refractivity contribution in [2.45, 2.75) is 96.5 Å². The summed E-state index contributed by atoms with van der Waals surface area (Å²) < 4.78 is 11.9. The lowest BCUT2D eigenvalue weighted by molar-refractivity contribution is -0.116. The molecule has 8 nitrogen and oxygen atoms in total. The number of nitrogens with zero attached hydrogens (tertiary/aromatic N) is 2. The van der Waals surface area contributed by atoms with Crippen LogP contribution >= 0.6 is 0 Å². The van der Waals surface area contributed by atoms with E-state index < -0.39 is 18.2 Å². The average molecular weight is 476 g/mol. The fourth-order valence-corrected chi connectivity index (χ4v) is 3.69. The fourth-order valence-electron chi connectivity index (χ4n) is 3.69. The topological polar surface area (TPSA) is 103 Å². The second-order valence-corrected chi connectivity index (χ2v) is 8.57. The number of amides is 1. The maximum Gasteiger partial charge on any atom is 0.351 e. The smallest absolute Gasteiger partial charge is 0.351 e. The van der Waals surface area contributed by atoms with Crippen molar-refractivity contribution >= 4 is 11.7 Å². The molecule has 0 bridgehead atoms. The Hall–Kier alpha value is -2.29. The molecule has 1 aliphatic rings. The molecule has 1 amide bonds. The summed E-state index contributed by atoms with van der Waals surface area (Å²) >= 11 is 0. The Bertz CT molecular complexity index is 821. The van der Waals surface area contributed by atoms with E-state index in [4.69, 9.17) is 14.6 Å². The first kappa shape index (κ1) is 28.0. The zero-order valence-electron chi connectivity index (χ0n) is 20.5. The van der Waals surface area contributed by atoms with E-state index >= 15 is 0 Å². The van der Waals surface area contributed by atoms with Gasteiger partial charge in [0.1, 0.15) is 5.82 Å². The molecule has 2 N–H and O–H groups in total. The van der Waals surface area contributed by atoms with Gasteiger partial charge in [0.15, 0.2) is 12.5 Å². The van der Waals surface area contributed by atoms with E-state index in [1.165, 1.54) is 49.3 Å². The van der Waals surface area contributed by atoms with Gasteiger partial charge >= 0.3 is 5.69 Å². The van der Waals surface area contributed by atoms with Crippen LogP contribution in [0.2, 0.25) is 0 Å². The third kappa shape index (κ3) is 11.2. The van der Waals surface area contributed by atoms with Crippen LogP contribution in [-0.2, 0) is 14.3 Å². The van der Waals surface area contributed by atoms with Crippen LogP contribution in [0.5, 0.6) is 0 Å². The number of aliphatic hydroxyl groups excluding tert-OH is 1. The Balaban J connectivity index is 1.51.